The summed E-state index contributed by atoms with van der Waals surface area (Å²) in [5, 5.41) is 1.11. The molecule has 7 nitrogen and oxygen atoms in total. The lowest BCUT2D eigenvalue weighted by molar-refractivity contribution is 0.0984. The van der Waals surface area contributed by atoms with E-state index in [9.17, 15) is 13.2 Å². The molecule has 204 valence electrons. The van der Waals surface area contributed by atoms with Gasteiger partial charge in [-0.1, -0.05) is 66.3 Å². The zero-order valence-corrected chi connectivity index (χ0v) is 24.4. The highest BCUT2D eigenvalue weighted by Crippen LogP contribution is 2.34. The summed E-state index contributed by atoms with van der Waals surface area (Å²) in [6.07, 6.45) is 1.68. The van der Waals surface area contributed by atoms with Crippen LogP contribution in [0.4, 0.5) is 5.13 Å². The fraction of sp³-hybridized carbons (Fsp3) is 0.167. The van der Waals surface area contributed by atoms with Crippen LogP contribution in [0, 0.1) is 6.92 Å². The first-order valence-corrected chi connectivity index (χ1v) is 15.3. The first kappa shape index (κ1) is 27.9. The van der Waals surface area contributed by atoms with Gasteiger partial charge in [0.25, 0.3) is 5.91 Å². The van der Waals surface area contributed by atoms with Crippen LogP contribution in [-0.2, 0) is 23.1 Å². The van der Waals surface area contributed by atoms with Gasteiger partial charge >= 0.3 is 0 Å². The summed E-state index contributed by atoms with van der Waals surface area (Å²) in [5.74, 6) is -0.311. The molecule has 5 aromatic rings. The van der Waals surface area contributed by atoms with Gasteiger partial charge in [-0.3, -0.25) is 14.7 Å². The quantitative estimate of drug-likeness (QED) is 0.190. The zero-order chi connectivity index (χ0) is 28.3. The van der Waals surface area contributed by atoms with Crippen molar-refractivity contribution in [3.63, 3.8) is 0 Å². The van der Waals surface area contributed by atoms with Gasteiger partial charge in [0.2, 0.25) is 10.0 Å². The van der Waals surface area contributed by atoms with Gasteiger partial charge < -0.3 is 0 Å². The number of nitrogens with zero attached hydrogens (tertiary/aromatic N) is 4. The lowest BCUT2D eigenvalue weighted by Crippen LogP contribution is -2.31. The van der Waals surface area contributed by atoms with Crippen molar-refractivity contribution in [3.8, 4) is 0 Å². The number of rotatable bonds is 9. The summed E-state index contributed by atoms with van der Waals surface area (Å²) < 4.78 is 29.1. The van der Waals surface area contributed by atoms with E-state index in [2.05, 4.69) is 4.98 Å². The predicted molar refractivity (Wildman–Crippen MR) is 160 cm³/mol. The molecule has 2 heterocycles. The lowest BCUT2D eigenvalue weighted by Gasteiger charge is -2.22. The Morgan fingerprint density at radius 3 is 2.35 bits per heavy atom. The number of thiazole rings is 1. The summed E-state index contributed by atoms with van der Waals surface area (Å²) in [5.41, 5.74) is 3.64. The average molecular weight is 591 g/mol. The highest BCUT2D eigenvalue weighted by Gasteiger charge is 2.26. The summed E-state index contributed by atoms with van der Waals surface area (Å²) in [6.45, 7) is 4.52. The average Bonchev–Trinajstić information content (AvgIpc) is 3.39. The zero-order valence-electron chi connectivity index (χ0n) is 22.0. The van der Waals surface area contributed by atoms with E-state index in [1.165, 1.54) is 27.8 Å². The maximum absolute atomic E-state index is 13.8. The summed E-state index contributed by atoms with van der Waals surface area (Å²) >= 11 is 7.64. The van der Waals surface area contributed by atoms with Crippen molar-refractivity contribution >= 4 is 54.2 Å². The smallest absolute Gasteiger partial charge is 0.260 e. The molecule has 0 atom stereocenters. The number of aromatic nitrogens is 2. The number of pyridine rings is 1. The van der Waals surface area contributed by atoms with Crippen molar-refractivity contribution in [2.45, 2.75) is 31.8 Å². The molecule has 0 aliphatic rings. The van der Waals surface area contributed by atoms with Gasteiger partial charge in [-0.25, -0.2) is 13.4 Å². The van der Waals surface area contributed by atoms with Crippen molar-refractivity contribution in [1.82, 2.24) is 14.3 Å². The molecule has 0 radical (unpaired) electrons. The molecule has 40 heavy (non-hydrogen) atoms. The number of fused-ring (bicyclic) bond motifs is 1. The molecule has 0 saturated heterocycles. The van der Waals surface area contributed by atoms with E-state index in [1.54, 1.807) is 30.2 Å². The van der Waals surface area contributed by atoms with Gasteiger partial charge in [0.1, 0.15) is 0 Å². The van der Waals surface area contributed by atoms with Crippen molar-refractivity contribution in [2.75, 3.05) is 11.4 Å². The number of hydrogen-bond acceptors (Lipinski definition) is 6. The second-order valence-electron chi connectivity index (χ2n) is 9.22. The number of carbonyl (C=O) groups is 1. The first-order chi connectivity index (χ1) is 19.3. The molecule has 0 saturated carbocycles. The van der Waals surface area contributed by atoms with Crippen LogP contribution in [0.15, 0.2) is 96.0 Å². The maximum Gasteiger partial charge on any atom is 0.260 e. The standard InChI is InChI=1S/C30H27ClN4O3S2/c1-3-34(19-22-9-5-4-6-10-22)40(37,38)26-14-12-23(13-15-26)29(36)35(20-25-11-7-8-16-32-25)30-33-28-21(2)17-24(31)18-27(28)39-30/h4-18H,3,19-20H2,1-2H3. The molecule has 1 amide bonds. The minimum absolute atomic E-state index is 0.128. The third-order valence-electron chi connectivity index (χ3n) is 6.45. The fourth-order valence-electron chi connectivity index (χ4n) is 4.37. The highest BCUT2D eigenvalue weighted by atomic mass is 35.5. The van der Waals surface area contributed by atoms with Crippen LogP contribution < -0.4 is 4.90 Å². The van der Waals surface area contributed by atoms with E-state index in [0.717, 1.165) is 21.3 Å². The molecular formula is C30H27ClN4O3S2. The second-order valence-corrected chi connectivity index (χ2v) is 12.6. The molecule has 0 unspecified atom stereocenters. The van der Waals surface area contributed by atoms with E-state index in [4.69, 9.17) is 16.6 Å². The first-order valence-electron chi connectivity index (χ1n) is 12.7. The number of hydrogen-bond donors (Lipinski definition) is 0. The monoisotopic (exact) mass is 590 g/mol. The van der Waals surface area contributed by atoms with Crippen LogP contribution in [0.2, 0.25) is 5.02 Å². The number of sulfonamides is 1. The molecule has 0 spiro atoms. The molecular weight excluding hydrogens is 564 g/mol. The topological polar surface area (TPSA) is 83.5 Å². The van der Waals surface area contributed by atoms with Gasteiger partial charge in [0.05, 0.1) is 27.4 Å². The van der Waals surface area contributed by atoms with Crippen LogP contribution in [0.25, 0.3) is 10.2 Å². The Bertz CT molecular complexity index is 1740. The number of benzene rings is 3. The minimum atomic E-state index is -3.76. The number of anilines is 1. The van der Waals surface area contributed by atoms with E-state index >= 15 is 0 Å². The van der Waals surface area contributed by atoms with Crippen LogP contribution >= 0.6 is 22.9 Å². The Kier molecular flexibility index (Phi) is 8.27. The molecule has 0 aliphatic carbocycles. The van der Waals surface area contributed by atoms with E-state index in [-0.39, 0.29) is 23.9 Å². The van der Waals surface area contributed by atoms with Crippen LogP contribution in [-0.4, -0.2) is 35.1 Å². The Hall–Kier alpha value is -3.63. The van der Waals surface area contributed by atoms with Crippen LogP contribution in [0.5, 0.6) is 0 Å². The number of carbonyl (C=O) groups excluding carboxylic acids is 1. The number of amides is 1. The van der Waals surface area contributed by atoms with Gasteiger partial charge in [-0.05, 0) is 66.6 Å². The van der Waals surface area contributed by atoms with Gasteiger partial charge in [0.15, 0.2) is 5.13 Å². The molecule has 10 heteroatoms. The highest BCUT2D eigenvalue weighted by molar-refractivity contribution is 7.89. The number of halogens is 1. The molecule has 0 fully saturated rings. The largest absolute Gasteiger partial charge is 0.278 e. The van der Waals surface area contributed by atoms with Gasteiger partial charge in [0, 0.05) is 29.9 Å². The minimum Gasteiger partial charge on any atom is -0.278 e. The lowest BCUT2D eigenvalue weighted by atomic mass is 10.2. The summed E-state index contributed by atoms with van der Waals surface area (Å²) in [4.78, 5) is 24.7. The Balaban J connectivity index is 1.46. The Labute approximate surface area is 242 Å². The van der Waals surface area contributed by atoms with Gasteiger partial charge in [-0.2, -0.15) is 4.31 Å². The third-order valence-corrected chi connectivity index (χ3v) is 9.63. The van der Waals surface area contributed by atoms with Crippen LogP contribution in [0.1, 0.15) is 34.1 Å². The van der Waals surface area contributed by atoms with Crippen LogP contribution in [0.3, 0.4) is 0 Å². The molecule has 2 aromatic heterocycles. The van der Waals surface area contributed by atoms with Gasteiger partial charge in [-0.15, -0.1) is 0 Å². The maximum atomic E-state index is 13.8. The molecule has 0 bridgehead atoms. The van der Waals surface area contributed by atoms with Crippen molar-refractivity contribution < 1.29 is 13.2 Å². The fourth-order valence-corrected chi connectivity index (χ4v) is 7.22. The van der Waals surface area contributed by atoms with E-state index in [0.29, 0.717) is 28.0 Å². The van der Waals surface area contributed by atoms with Crippen molar-refractivity contribution in [3.05, 3.63) is 119 Å². The molecule has 3 aromatic carbocycles. The summed E-state index contributed by atoms with van der Waals surface area (Å²) in [6, 6.07) is 24.7. The second kappa shape index (κ2) is 11.9. The number of aryl methyl sites for hydroxylation is 1. The summed E-state index contributed by atoms with van der Waals surface area (Å²) in [7, 11) is -3.76. The van der Waals surface area contributed by atoms with E-state index < -0.39 is 10.0 Å². The normalized spacial score (nSPS) is 11.7. The Morgan fingerprint density at radius 2 is 1.68 bits per heavy atom. The molecule has 5 rings (SSSR count). The molecule has 0 N–H and O–H groups in total. The third kappa shape index (κ3) is 5.93. The van der Waals surface area contributed by atoms with Crippen molar-refractivity contribution in [1.29, 1.82) is 0 Å². The molecule has 0 aliphatic heterocycles. The predicted octanol–water partition coefficient (Wildman–Crippen LogP) is 6.71. The Morgan fingerprint density at radius 1 is 0.950 bits per heavy atom. The van der Waals surface area contributed by atoms with E-state index in [1.807, 2.05) is 67.6 Å². The SMILES string of the molecule is CCN(Cc1ccccc1)S(=O)(=O)c1ccc(C(=O)N(Cc2ccccn2)c2nc3c(C)cc(Cl)cc3s2)cc1. The van der Waals surface area contributed by atoms with Crippen molar-refractivity contribution in [2.24, 2.45) is 0 Å².